The largest absolute Gasteiger partial charge is 0.496 e. The van der Waals surface area contributed by atoms with Gasteiger partial charge in [0.2, 0.25) is 0 Å². The number of hydrogen-bond acceptors (Lipinski definition) is 4. The first-order chi connectivity index (χ1) is 17.5. The van der Waals surface area contributed by atoms with Crippen molar-refractivity contribution in [3.8, 4) is 16.9 Å². The first-order valence-electron chi connectivity index (χ1n) is 12.6. The Morgan fingerprint density at radius 2 is 1.53 bits per heavy atom. The molecule has 2 atom stereocenters. The number of amides is 1. The molecule has 2 bridgehead atoms. The van der Waals surface area contributed by atoms with E-state index in [1.165, 1.54) is 47.6 Å². The first kappa shape index (κ1) is 22.8. The molecule has 6 heteroatoms. The molecule has 0 aromatic heterocycles. The smallest absolute Gasteiger partial charge is 0.410 e. The lowest BCUT2D eigenvalue weighted by Gasteiger charge is -2.38. The fourth-order valence-corrected chi connectivity index (χ4v) is 6.45. The summed E-state index contributed by atoms with van der Waals surface area (Å²) < 4.78 is 25.1. The highest BCUT2D eigenvalue weighted by molar-refractivity contribution is 6.00. The topological polar surface area (TPSA) is 55.8 Å². The zero-order valence-electron chi connectivity index (χ0n) is 20.2. The molecule has 2 fully saturated rings. The molecule has 184 valence electrons. The van der Waals surface area contributed by atoms with Crippen molar-refractivity contribution < 1.29 is 23.5 Å². The quantitative estimate of drug-likeness (QED) is 0.403. The summed E-state index contributed by atoms with van der Waals surface area (Å²) >= 11 is 0. The fraction of sp³-hybridized carbons (Fsp3) is 0.333. The number of Topliss-reactive ketones (excluding diaryl/α,β-unsaturated/α-hetero) is 1. The zero-order valence-corrected chi connectivity index (χ0v) is 20.2. The molecule has 0 radical (unpaired) electrons. The van der Waals surface area contributed by atoms with Crippen molar-refractivity contribution >= 4 is 11.9 Å². The zero-order chi connectivity index (χ0) is 24.8. The van der Waals surface area contributed by atoms with Gasteiger partial charge in [0.05, 0.1) is 12.7 Å². The van der Waals surface area contributed by atoms with Gasteiger partial charge in [-0.1, -0.05) is 48.5 Å². The van der Waals surface area contributed by atoms with E-state index in [0.29, 0.717) is 18.6 Å². The normalized spacial score (nSPS) is 22.2. The lowest BCUT2D eigenvalue weighted by Crippen LogP contribution is -2.48. The highest BCUT2D eigenvalue weighted by Crippen LogP contribution is 2.45. The van der Waals surface area contributed by atoms with E-state index in [1.807, 2.05) is 29.2 Å². The molecular formula is C30H28FNO4. The monoisotopic (exact) mass is 485 g/mol. The second-order valence-corrected chi connectivity index (χ2v) is 9.97. The Bertz CT molecular complexity index is 1280. The number of carbonyl (C=O) groups is 2. The van der Waals surface area contributed by atoms with Gasteiger partial charge in [0.1, 0.15) is 18.2 Å². The number of rotatable bonds is 5. The molecule has 3 aromatic carbocycles. The van der Waals surface area contributed by atoms with Gasteiger partial charge in [-0.2, -0.15) is 0 Å². The molecule has 0 N–H and O–H groups in total. The summed E-state index contributed by atoms with van der Waals surface area (Å²) in [6.45, 7) is 0.283. The van der Waals surface area contributed by atoms with Crippen molar-refractivity contribution in [1.29, 1.82) is 0 Å². The second kappa shape index (κ2) is 9.08. The molecule has 0 spiro atoms. The Hall–Kier alpha value is -3.67. The fourth-order valence-electron chi connectivity index (χ4n) is 6.45. The van der Waals surface area contributed by atoms with Crippen LogP contribution in [0.3, 0.4) is 0 Å². The van der Waals surface area contributed by atoms with Gasteiger partial charge in [-0.15, -0.1) is 0 Å². The van der Waals surface area contributed by atoms with Crippen LogP contribution in [0.1, 0.15) is 53.1 Å². The van der Waals surface area contributed by atoms with E-state index in [9.17, 15) is 14.0 Å². The summed E-state index contributed by atoms with van der Waals surface area (Å²) in [5.74, 6) is -0.448. The van der Waals surface area contributed by atoms with Crippen LogP contribution in [-0.4, -0.2) is 42.6 Å². The summed E-state index contributed by atoms with van der Waals surface area (Å²) in [5, 5.41) is 0. The van der Waals surface area contributed by atoms with E-state index in [1.54, 1.807) is 0 Å². The number of nitrogens with zero attached hydrogens (tertiary/aromatic N) is 1. The number of carbonyl (C=O) groups excluding carboxylic acids is 2. The lowest BCUT2D eigenvalue weighted by molar-refractivity contribution is 0.0504. The van der Waals surface area contributed by atoms with Crippen molar-refractivity contribution in [3.05, 3.63) is 89.2 Å². The van der Waals surface area contributed by atoms with E-state index < -0.39 is 5.82 Å². The number of methoxy groups -OCH3 is 1. The van der Waals surface area contributed by atoms with E-state index in [2.05, 4.69) is 24.3 Å². The Morgan fingerprint density at radius 3 is 2.14 bits per heavy atom. The minimum atomic E-state index is -0.460. The van der Waals surface area contributed by atoms with Gasteiger partial charge < -0.3 is 14.4 Å². The third-order valence-electron chi connectivity index (χ3n) is 8.08. The Morgan fingerprint density at radius 1 is 0.917 bits per heavy atom. The van der Waals surface area contributed by atoms with Gasteiger partial charge in [0.15, 0.2) is 5.78 Å². The van der Waals surface area contributed by atoms with Crippen LogP contribution in [0.4, 0.5) is 9.18 Å². The summed E-state index contributed by atoms with van der Waals surface area (Å²) in [6.07, 6.45) is 2.49. The number of fused-ring (bicyclic) bond motifs is 5. The maximum absolute atomic E-state index is 13.9. The Labute approximate surface area is 209 Å². The molecule has 2 unspecified atom stereocenters. The first-order valence-corrected chi connectivity index (χ1v) is 12.6. The van der Waals surface area contributed by atoms with Gasteiger partial charge in [-0.3, -0.25) is 4.79 Å². The maximum Gasteiger partial charge on any atom is 0.410 e. The van der Waals surface area contributed by atoms with Crippen molar-refractivity contribution in [2.75, 3.05) is 13.7 Å². The number of benzene rings is 3. The highest BCUT2D eigenvalue weighted by Gasteiger charge is 2.46. The summed E-state index contributed by atoms with van der Waals surface area (Å²) in [7, 11) is 1.48. The van der Waals surface area contributed by atoms with Crippen LogP contribution >= 0.6 is 0 Å². The van der Waals surface area contributed by atoms with Crippen LogP contribution < -0.4 is 4.74 Å². The molecule has 6 rings (SSSR count). The van der Waals surface area contributed by atoms with Crippen LogP contribution in [0.5, 0.6) is 5.75 Å². The van der Waals surface area contributed by atoms with E-state index in [0.717, 1.165) is 12.8 Å². The molecule has 1 amide bonds. The van der Waals surface area contributed by atoms with Gasteiger partial charge in [0.25, 0.3) is 0 Å². The Balaban J connectivity index is 1.15. The molecule has 2 saturated heterocycles. The molecule has 0 saturated carbocycles. The van der Waals surface area contributed by atoms with Gasteiger partial charge >= 0.3 is 6.09 Å². The van der Waals surface area contributed by atoms with Crippen molar-refractivity contribution in [1.82, 2.24) is 4.90 Å². The molecule has 2 heterocycles. The molecular weight excluding hydrogens is 457 g/mol. The van der Waals surface area contributed by atoms with E-state index in [4.69, 9.17) is 9.47 Å². The van der Waals surface area contributed by atoms with Crippen LogP contribution in [0.15, 0.2) is 66.7 Å². The highest BCUT2D eigenvalue weighted by atomic mass is 19.1. The van der Waals surface area contributed by atoms with Crippen LogP contribution in [0.2, 0.25) is 0 Å². The lowest BCUT2D eigenvalue weighted by atomic mass is 9.84. The van der Waals surface area contributed by atoms with Crippen molar-refractivity contribution in [3.63, 3.8) is 0 Å². The van der Waals surface area contributed by atoms with Crippen LogP contribution in [-0.2, 0) is 4.74 Å². The van der Waals surface area contributed by atoms with Gasteiger partial charge in [-0.05, 0) is 66.1 Å². The number of halogens is 1. The molecule has 36 heavy (non-hydrogen) atoms. The number of hydrogen-bond donors (Lipinski definition) is 0. The van der Waals surface area contributed by atoms with Crippen molar-refractivity contribution in [2.45, 2.75) is 43.7 Å². The van der Waals surface area contributed by atoms with Gasteiger partial charge in [-0.25, -0.2) is 9.18 Å². The third-order valence-corrected chi connectivity index (χ3v) is 8.08. The standard InChI is InChI=1S/C30H28FNO4/c1-35-28-13-10-19(31)16-26(28)29(33)18-14-20-11-12-21(15-18)32(20)30(34)36-17-27-24-8-4-2-6-22(24)23-7-3-5-9-25(23)27/h2-10,13,16,18,20-21,27H,11-12,14-15,17H2,1H3. The third kappa shape index (κ3) is 3.76. The second-order valence-electron chi connectivity index (χ2n) is 9.97. The number of piperidine rings is 1. The average Bonchev–Trinajstić information content (AvgIpc) is 3.37. The molecule has 3 aliphatic rings. The van der Waals surface area contributed by atoms with Gasteiger partial charge in [0, 0.05) is 23.9 Å². The van der Waals surface area contributed by atoms with E-state index >= 15 is 0 Å². The van der Waals surface area contributed by atoms with Crippen molar-refractivity contribution in [2.24, 2.45) is 5.92 Å². The minimum Gasteiger partial charge on any atom is -0.496 e. The van der Waals surface area contributed by atoms with Crippen LogP contribution in [0.25, 0.3) is 11.1 Å². The average molecular weight is 486 g/mol. The SMILES string of the molecule is COc1ccc(F)cc1C(=O)C1CC2CCC(C1)N2C(=O)OCC1c2ccccc2-c2ccccc21. The summed E-state index contributed by atoms with van der Waals surface area (Å²) in [4.78, 5) is 28.4. The number of ketones is 1. The summed E-state index contributed by atoms with van der Waals surface area (Å²) in [5.41, 5.74) is 5.03. The molecule has 3 aromatic rings. The predicted molar refractivity (Wildman–Crippen MR) is 134 cm³/mol. The number of ether oxygens (including phenoxy) is 2. The maximum atomic E-state index is 13.9. The minimum absolute atomic E-state index is 0.0126. The molecule has 5 nitrogen and oxygen atoms in total. The van der Waals surface area contributed by atoms with E-state index in [-0.39, 0.29) is 48.0 Å². The Kier molecular flexibility index (Phi) is 5.75. The molecule has 1 aliphatic carbocycles. The predicted octanol–water partition coefficient (Wildman–Crippen LogP) is 6.21. The summed E-state index contributed by atoms with van der Waals surface area (Å²) in [6, 6.07) is 20.5. The molecule has 2 aliphatic heterocycles. The van der Waals surface area contributed by atoms with Crippen LogP contribution in [0, 0.1) is 11.7 Å².